The van der Waals surface area contributed by atoms with E-state index in [0.29, 0.717) is 0 Å². The number of methoxy groups -OCH3 is 1. The number of rotatable bonds is 5. The Labute approximate surface area is 343 Å². The van der Waals surface area contributed by atoms with Gasteiger partial charge in [-0.1, -0.05) is 12.1 Å². The highest BCUT2D eigenvalue weighted by molar-refractivity contribution is 6.00. The van der Waals surface area contributed by atoms with Crippen LogP contribution in [-0.4, -0.2) is 27.0 Å². The van der Waals surface area contributed by atoms with Gasteiger partial charge in [-0.25, -0.2) is 23.7 Å². The van der Waals surface area contributed by atoms with Gasteiger partial charge >= 0.3 is 0 Å². The molecule has 2 N–H and O–H groups in total. The molecule has 0 amide bonds. The topological polar surface area (TPSA) is 78.2 Å². The van der Waals surface area contributed by atoms with E-state index in [9.17, 15) is 0 Å². The third-order valence-electron chi connectivity index (χ3n) is 9.91. The van der Waals surface area contributed by atoms with Gasteiger partial charge in [-0.05, 0) is 83.0 Å². The number of benzene rings is 1. The predicted octanol–water partition coefficient (Wildman–Crippen LogP) is -1.18. The lowest BCUT2D eigenvalue weighted by atomic mass is 10.0. The van der Waals surface area contributed by atoms with E-state index in [1.807, 2.05) is 47.0 Å². The maximum absolute atomic E-state index is 5.69. The van der Waals surface area contributed by atoms with Crippen LogP contribution in [0.25, 0.3) is 90.9 Å². The van der Waals surface area contributed by atoms with Crippen molar-refractivity contribution in [3.63, 3.8) is 0 Å². The number of nitrogens with zero attached hydrogens (tertiary/aromatic N) is 5. The molecule has 1 aromatic carbocycles. The fraction of sp³-hybridized carbons (Fsp3) is 0.0889. The number of aromatic nitrogens is 7. The third kappa shape index (κ3) is 7.34. The maximum atomic E-state index is 5.69. The van der Waals surface area contributed by atoms with Crippen LogP contribution in [0.2, 0.25) is 0 Å². The maximum Gasteiger partial charge on any atom is 0.169 e. The molecule has 8 heterocycles. The zero-order chi connectivity index (χ0) is 36.1. The lowest BCUT2D eigenvalue weighted by molar-refractivity contribution is -0.671. The summed E-state index contributed by atoms with van der Waals surface area (Å²) in [6, 6.07) is 29.6. The van der Waals surface area contributed by atoms with Crippen LogP contribution < -0.4 is 55.7 Å². The van der Waals surface area contributed by atoms with E-state index in [0.717, 1.165) is 95.1 Å². The van der Waals surface area contributed by atoms with Crippen molar-refractivity contribution in [2.75, 3.05) is 7.11 Å². The van der Waals surface area contributed by atoms with Crippen LogP contribution in [0.15, 0.2) is 122 Å². The Kier molecular flexibility index (Phi) is 11.6. The lowest BCUT2D eigenvalue weighted by Gasteiger charge is -2.07. The molecule has 2 aliphatic heterocycles. The molecule has 0 saturated carbocycles. The number of H-pyrrole nitrogens is 2. The summed E-state index contributed by atoms with van der Waals surface area (Å²) >= 11 is 0. The SMILES string of the molecule is COc1cccc(-c2c3ccc([nH]3)c(-c3cc[n+](C)cc3)c3nc(c(-c4cc[n+](C)cc4)c4nc(c(-c5cc[n+](C)cc5)c5ccc2[nH]5)C=C4)C=C3)c1.[Cl-].[Cl-].[Cl-]. The van der Waals surface area contributed by atoms with Crippen molar-refractivity contribution in [3.05, 3.63) is 145 Å². The van der Waals surface area contributed by atoms with Crippen molar-refractivity contribution in [3.8, 4) is 50.3 Å². The third-order valence-corrected chi connectivity index (χ3v) is 9.91. The number of ether oxygens (including phenoxy) is 1. The van der Waals surface area contributed by atoms with Gasteiger partial charge in [0.1, 0.15) is 26.9 Å². The Balaban J connectivity index is 0.00000177. The van der Waals surface area contributed by atoms with Crippen LogP contribution in [0.5, 0.6) is 5.75 Å². The van der Waals surface area contributed by atoms with Gasteiger partial charge in [0, 0.05) is 80.7 Å². The highest BCUT2D eigenvalue weighted by Gasteiger charge is 2.20. The molecule has 0 unspecified atom stereocenters. The number of pyridine rings is 3. The van der Waals surface area contributed by atoms with Crippen molar-refractivity contribution >= 4 is 46.4 Å². The molecular weight excluding hydrogens is 761 g/mol. The molecule has 0 fully saturated rings. The molecule has 8 bridgehead atoms. The molecule has 0 saturated heterocycles. The van der Waals surface area contributed by atoms with E-state index >= 15 is 0 Å². The molecule has 0 spiro atoms. The highest BCUT2D eigenvalue weighted by Crippen LogP contribution is 2.38. The second kappa shape index (κ2) is 16.4. The van der Waals surface area contributed by atoms with Crippen LogP contribution in [0.3, 0.4) is 0 Å². The average molecular weight is 799 g/mol. The normalized spacial score (nSPS) is 11.4. The van der Waals surface area contributed by atoms with Gasteiger partial charge in [-0.15, -0.1) is 0 Å². The van der Waals surface area contributed by atoms with Crippen LogP contribution in [0.1, 0.15) is 22.8 Å². The van der Waals surface area contributed by atoms with Gasteiger partial charge in [0.05, 0.1) is 29.9 Å². The summed E-state index contributed by atoms with van der Waals surface area (Å²) in [5.74, 6) is 0.788. The van der Waals surface area contributed by atoms with E-state index in [-0.39, 0.29) is 37.2 Å². The van der Waals surface area contributed by atoms with Crippen LogP contribution in [0, 0.1) is 0 Å². The summed E-state index contributed by atoms with van der Waals surface area (Å²) in [5, 5.41) is 0. The molecule has 0 atom stereocenters. The van der Waals surface area contributed by atoms with Gasteiger partial charge in [-0.2, -0.15) is 0 Å². The Hall–Kier alpha value is -6.06. The van der Waals surface area contributed by atoms with E-state index in [4.69, 9.17) is 14.7 Å². The van der Waals surface area contributed by atoms with Gasteiger partial charge < -0.3 is 51.9 Å². The molecule has 0 radical (unpaired) electrons. The highest BCUT2D eigenvalue weighted by atomic mass is 35.5. The number of fused-ring (bicyclic) bond motifs is 8. The minimum Gasteiger partial charge on any atom is -1.00 e. The first-order valence-corrected chi connectivity index (χ1v) is 17.6. The Bertz CT molecular complexity index is 2640. The predicted molar refractivity (Wildman–Crippen MR) is 211 cm³/mol. The van der Waals surface area contributed by atoms with Crippen LogP contribution in [0.4, 0.5) is 0 Å². The second-order valence-corrected chi connectivity index (χ2v) is 13.5. The fourth-order valence-electron chi connectivity index (χ4n) is 7.20. The average Bonchev–Trinajstić information content (AvgIpc) is 4.02. The van der Waals surface area contributed by atoms with E-state index in [1.54, 1.807) is 7.11 Å². The van der Waals surface area contributed by atoms with Gasteiger partial charge in [-0.3, -0.25) is 0 Å². The van der Waals surface area contributed by atoms with Crippen LogP contribution in [-0.2, 0) is 21.1 Å². The summed E-state index contributed by atoms with van der Waals surface area (Å²) in [5.41, 5.74) is 15.5. The zero-order valence-corrected chi connectivity index (χ0v) is 33.4. The summed E-state index contributed by atoms with van der Waals surface area (Å²) in [4.78, 5) is 18.4. The quantitative estimate of drug-likeness (QED) is 0.216. The smallest absolute Gasteiger partial charge is 0.169 e. The number of aryl methyl sites for hydroxylation is 3. The summed E-state index contributed by atoms with van der Waals surface area (Å²) in [6.45, 7) is 0. The fourth-order valence-corrected chi connectivity index (χ4v) is 7.20. The molecule has 11 heteroatoms. The second-order valence-electron chi connectivity index (χ2n) is 13.5. The summed E-state index contributed by atoms with van der Waals surface area (Å²) in [6.07, 6.45) is 20.9. The number of hydrogen-bond donors (Lipinski definition) is 2. The number of nitrogens with one attached hydrogen (secondary N) is 2. The minimum atomic E-state index is 0. The number of halogens is 3. The molecule has 7 aromatic rings. The van der Waals surface area contributed by atoms with Gasteiger partial charge in [0.25, 0.3) is 0 Å². The van der Waals surface area contributed by atoms with Crippen molar-refractivity contribution in [2.45, 2.75) is 0 Å². The van der Waals surface area contributed by atoms with E-state index < -0.39 is 0 Å². The van der Waals surface area contributed by atoms with Crippen molar-refractivity contribution in [1.82, 2.24) is 19.9 Å². The lowest BCUT2D eigenvalue weighted by Crippen LogP contribution is -3.00. The number of hydrogen-bond acceptors (Lipinski definition) is 3. The Morgan fingerprint density at radius 2 is 0.786 bits per heavy atom. The van der Waals surface area contributed by atoms with Crippen molar-refractivity contribution < 1.29 is 55.7 Å². The molecule has 0 aliphatic carbocycles. The number of aromatic amines is 2. The minimum absolute atomic E-state index is 0. The largest absolute Gasteiger partial charge is 1.00 e. The molecule has 56 heavy (non-hydrogen) atoms. The van der Waals surface area contributed by atoms with Crippen molar-refractivity contribution in [1.29, 1.82) is 0 Å². The molecular formula is C45H38Cl3N7O. The first kappa shape index (κ1) is 39.6. The first-order chi connectivity index (χ1) is 25.9. The Morgan fingerprint density at radius 3 is 1.18 bits per heavy atom. The molecule has 8 nitrogen and oxygen atoms in total. The Morgan fingerprint density at radius 1 is 0.429 bits per heavy atom. The van der Waals surface area contributed by atoms with Crippen LogP contribution >= 0.6 is 0 Å². The van der Waals surface area contributed by atoms with E-state index in [2.05, 4.69) is 144 Å². The van der Waals surface area contributed by atoms with Crippen molar-refractivity contribution in [2.24, 2.45) is 21.1 Å². The summed E-state index contributed by atoms with van der Waals surface area (Å²) in [7, 11) is 7.79. The molecule has 9 rings (SSSR count). The molecule has 6 aromatic heterocycles. The molecule has 280 valence electrons. The van der Waals surface area contributed by atoms with Gasteiger partial charge in [0.2, 0.25) is 0 Å². The monoisotopic (exact) mass is 797 g/mol. The first-order valence-electron chi connectivity index (χ1n) is 17.6. The van der Waals surface area contributed by atoms with E-state index in [1.165, 1.54) is 0 Å². The molecule has 2 aliphatic rings. The standard InChI is InChI=1S/C45H37N7O.3ClH/c1-50-22-16-29(17-23-50)42-34-8-10-36(46-34)43(30-18-24-51(2)25-19-30)38-12-14-40(48-38)45(32-6-5-7-33(28-32)53-4)41-15-13-39(49-41)44(37-11-9-35(42)47-37)31-20-26-52(3)27-21-31;;;/h5-28H,1-4H3,(H,46,47,48,49);3*1H/q+2;;;/p-2. The zero-order valence-electron chi connectivity index (χ0n) is 31.1. The summed E-state index contributed by atoms with van der Waals surface area (Å²) < 4.78 is 11.8. The van der Waals surface area contributed by atoms with Gasteiger partial charge in [0.15, 0.2) is 37.2 Å².